The van der Waals surface area contributed by atoms with E-state index in [1.165, 1.54) is 22.7 Å². The molecule has 0 N–H and O–H groups in total. The number of nitrogens with zero attached hydrogens (tertiary/aromatic N) is 8. The second kappa shape index (κ2) is 18.1. The van der Waals surface area contributed by atoms with E-state index >= 15 is 0 Å². The van der Waals surface area contributed by atoms with Crippen LogP contribution >= 0.6 is 45.3 Å². The van der Waals surface area contributed by atoms with Crippen molar-refractivity contribution >= 4 is 77.2 Å². The number of imidazole rings is 2. The van der Waals surface area contributed by atoms with Gasteiger partial charge in [0.15, 0.2) is 11.5 Å². The SMILES string of the molecule is COc1cc(OCc2nc(-c3cccc(COc4nn5cc(-c6cc7c(OCc8csc(C9CCOCC9)n8)cc(OC)cc7o6)nc5s4)c3)sc2C)c2cc(-c3cn4nc(OC)sc4n3)oc2c1. The Morgan fingerprint density at radius 3 is 1.97 bits per heavy atom. The molecule has 0 unspecified atom stereocenters. The highest BCUT2D eigenvalue weighted by Crippen LogP contribution is 2.40. The number of furan rings is 2. The Morgan fingerprint density at radius 2 is 1.32 bits per heavy atom. The molecule has 17 nitrogen and oxygen atoms in total. The Labute approximate surface area is 408 Å². The van der Waals surface area contributed by atoms with Crippen LogP contribution in [0, 0.1) is 6.92 Å². The lowest BCUT2D eigenvalue weighted by molar-refractivity contribution is 0.0852. The second-order valence-corrected chi connectivity index (χ2v) is 20.0. The summed E-state index contributed by atoms with van der Waals surface area (Å²) in [5, 5.41) is 15.8. The number of thiazole rings is 2. The summed E-state index contributed by atoms with van der Waals surface area (Å²) in [6.45, 7) is 4.49. The molecule has 8 aromatic heterocycles. The zero-order chi connectivity index (χ0) is 46.6. The smallest absolute Gasteiger partial charge is 0.294 e. The maximum Gasteiger partial charge on any atom is 0.294 e. The van der Waals surface area contributed by atoms with Crippen molar-refractivity contribution in [2.24, 2.45) is 0 Å². The van der Waals surface area contributed by atoms with E-state index in [1.54, 1.807) is 59.2 Å². The first-order valence-corrected chi connectivity index (χ1v) is 25.1. The molecule has 0 atom stereocenters. The molecule has 0 radical (unpaired) electrons. The van der Waals surface area contributed by atoms with Gasteiger partial charge >= 0.3 is 0 Å². The number of ether oxygens (including phenoxy) is 7. The third-order valence-electron chi connectivity index (χ3n) is 11.7. The number of hydrogen-bond acceptors (Lipinski definition) is 19. The van der Waals surface area contributed by atoms with Gasteiger partial charge in [0, 0.05) is 59.2 Å². The van der Waals surface area contributed by atoms with Crippen LogP contribution in [0.1, 0.15) is 45.6 Å². The molecular weight excluding hydrogens is 961 g/mol. The zero-order valence-electron chi connectivity index (χ0n) is 37.4. The van der Waals surface area contributed by atoms with Gasteiger partial charge in [-0.3, -0.25) is 0 Å². The van der Waals surface area contributed by atoms with Crippen LogP contribution in [0.15, 0.2) is 87.3 Å². The van der Waals surface area contributed by atoms with Crippen molar-refractivity contribution < 1.29 is 42.0 Å². The molecule has 0 aliphatic carbocycles. The van der Waals surface area contributed by atoms with Crippen molar-refractivity contribution in [1.29, 1.82) is 0 Å². The zero-order valence-corrected chi connectivity index (χ0v) is 40.7. The Bertz CT molecular complexity index is 3580. The maximum atomic E-state index is 6.43. The van der Waals surface area contributed by atoms with Crippen LogP contribution < -0.4 is 28.4 Å². The molecule has 0 spiro atoms. The Hall–Kier alpha value is -7.04. The Morgan fingerprint density at radius 1 is 0.667 bits per heavy atom. The van der Waals surface area contributed by atoms with E-state index in [9.17, 15) is 0 Å². The van der Waals surface area contributed by atoms with Gasteiger partial charge in [-0.25, -0.2) is 29.0 Å². The number of aromatic nitrogens is 8. The van der Waals surface area contributed by atoms with Crippen LogP contribution in [0.4, 0.5) is 0 Å². The summed E-state index contributed by atoms with van der Waals surface area (Å²) >= 11 is 5.99. The number of hydrogen-bond donors (Lipinski definition) is 0. The first-order chi connectivity index (χ1) is 33.8. The number of methoxy groups -OCH3 is 3. The number of fused-ring (bicyclic) bond motifs is 4. The van der Waals surface area contributed by atoms with Gasteiger partial charge in [-0.2, -0.15) is 0 Å². The molecule has 12 rings (SSSR count). The monoisotopic (exact) mass is 1000 g/mol. The van der Waals surface area contributed by atoms with Gasteiger partial charge in [0.05, 0.1) is 60.9 Å². The van der Waals surface area contributed by atoms with Crippen LogP contribution in [0.3, 0.4) is 0 Å². The standard InChI is InChI=1S/C48H40N8O9S4/c1-25-36(23-62-38-14-31(58-3)16-40-33(38)18-42(65-40)34-19-55-45(51-34)68-47(53-55)59-4)50-44(67-25)28-7-5-6-26(12-28)21-63-48-54-56-20-35(52-46(56)69-48)41-17-32-37(13-30(57-2)15-39(32)64-41)61-22-29-24-66-43(49-29)27-8-10-60-11-9-27/h5-7,12-20,24,27H,8-11,21-23H2,1-4H3. The molecule has 11 aromatic rings. The molecule has 3 aromatic carbocycles. The maximum absolute atomic E-state index is 6.43. The normalized spacial score (nSPS) is 13.3. The minimum absolute atomic E-state index is 0.248. The van der Waals surface area contributed by atoms with E-state index in [0.717, 1.165) is 74.2 Å². The minimum Gasteiger partial charge on any atom is -0.496 e. The predicted molar refractivity (Wildman–Crippen MR) is 262 cm³/mol. The van der Waals surface area contributed by atoms with Gasteiger partial charge in [0.2, 0.25) is 9.92 Å². The third-order valence-corrected chi connectivity index (χ3v) is 15.5. The lowest BCUT2D eigenvalue weighted by Crippen LogP contribution is -2.14. The summed E-state index contributed by atoms with van der Waals surface area (Å²) in [6.07, 6.45) is 5.63. The average molecular weight is 1000 g/mol. The topological polar surface area (TPSA) is 177 Å². The van der Waals surface area contributed by atoms with Gasteiger partial charge in [0.25, 0.3) is 10.4 Å². The lowest BCUT2D eigenvalue weighted by Gasteiger charge is -2.19. The van der Waals surface area contributed by atoms with Gasteiger partial charge in [-0.05, 0) is 66.2 Å². The lowest BCUT2D eigenvalue weighted by atomic mass is 10.0. The Kier molecular flexibility index (Phi) is 11.4. The molecule has 1 fully saturated rings. The fraction of sp³-hybridized carbons (Fsp3) is 0.250. The van der Waals surface area contributed by atoms with Gasteiger partial charge in [-0.15, -0.1) is 32.9 Å². The van der Waals surface area contributed by atoms with Crippen molar-refractivity contribution in [3.8, 4) is 66.9 Å². The highest BCUT2D eigenvalue weighted by Gasteiger charge is 2.22. The largest absolute Gasteiger partial charge is 0.496 e. The van der Waals surface area contributed by atoms with Crippen LogP contribution in [0.2, 0.25) is 0 Å². The molecule has 9 heterocycles. The van der Waals surface area contributed by atoms with Crippen molar-refractivity contribution in [3.63, 3.8) is 0 Å². The van der Waals surface area contributed by atoms with Gasteiger partial charge in [-0.1, -0.05) is 18.2 Å². The van der Waals surface area contributed by atoms with Crippen molar-refractivity contribution in [1.82, 2.24) is 39.2 Å². The van der Waals surface area contributed by atoms with E-state index in [-0.39, 0.29) is 6.61 Å². The summed E-state index contributed by atoms with van der Waals surface area (Å²) < 4.78 is 56.8. The van der Waals surface area contributed by atoms with Crippen molar-refractivity contribution in [2.45, 2.75) is 45.5 Å². The second-order valence-electron chi connectivity index (χ2n) is 16.1. The summed E-state index contributed by atoms with van der Waals surface area (Å²) in [6, 6.07) is 19.4. The molecule has 69 heavy (non-hydrogen) atoms. The van der Waals surface area contributed by atoms with E-state index in [2.05, 4.69) is 26.6 Å². The molecule has 0 saturated carbocycles. The Balaban J connectivity index is 0.703. The van der Waals surface area contributed by atoms with Crippen LogP contribution in [-0.4, -0.2) is 73.7 Å². The summed E-state index contributed by atoms with van der Waals surface area (Å²) in [4.78, 5) is 21.8. The minimum atomic E-state index is 0.248. The van der Waals surface area contributed by atoms with Crippen molar-refractivity contribution in [3.05, 3.63) is 105 Å². The van der Waals surface area contributed by atoms with Crippen molar-refractivity contribution in [2.75, 3.05) is 34.5 Å². The van der Waals surface area contributed by atoms with E-state index < -0.39 is 0 Å². The van der Waals surface area contributed by atoms with E-state index in [0.29, 0.717) is 96.5 Å². The molecule has 350 valence electrons. The fourth-order valence-electron chi connectivity index (χ4n) is 8.08. The van der Waals surface area contributed by atoms with E-state index in [1.807, 2.05) is 67.7 Å². The molecule has 0 bridgehead atoms. The highest BCUT2D eigenvalue weighted by molar-refractivity contribution is 7.18. The molecule has 21 heteroatoms. The first kappa shape index (κ1) is 43.3. The fourth-order valence-corrected chi connectivity index (χ4v) is 11.4. The highest BCUT2D eigenvalue weighted by atomic mass is 32.1. The van der Waals surface area contributed by atoms with Crippen LogP contribution in [0.25, 0.3) is 65.3 Å². The predicted octanol–water partition coefficient (Wildman–Crippen LogP) is 11.3. The van der Waals surface area contributed by atoms with Gasteiger partial charge in [0.1, 0.15) is 70.4 Å². The summed E-state index contributed by atoms with van der Waals surface area (Å²) in [7, 11) is 4.82. The summed E-state index contributed by atoms with van der Waals surface area (Å²) in [5.74, 6) is 4.09. The molecular formula is C48H40N8O9S4. The quantitative estimate of drug-likeness (QED) is 0.0892. The molecule has 1 aliphatic heterocycles. The number of aryl methyl sites for hydroxylation is 1. The average Bonchev–Trinajstić information content (AvgIpc) is 4.24. The summed E-state index contributed by atoms with van der Waals surface area (Å²) in [5.41, 5.74) is 6.19. The third kappa shape index (κ3) is 8.60. The van der Waals surface area contributed by atoms with E-state index in [4.69, 9.17) is 56.9 Å². The number of rotatable bonds is 16. The van der Waals surface area contributed by atoms with Crippen LogP contribution in [0.5, 0.6) is 33.4 Å². The molecule has 0 amide bonds. The number of benzene rings is 3. The molecule has 1 aliphatic rings. The first-order valence-electron chi connectivity index (χ1n) is 21.8. The van der Waals surface area contributed by atoms with Gasteiger partial charge < -0.3 is 42.0 Å². The molecule has 1 saturated heterocycles. The van der Waals surface area contributed by atoms with Crippen LogP contribution in [-0.2, 0) is 24.6 Å².